The molecule has 1 aromatic carbocycles. The second-order valence-corrected chi connectivity index (χ2v) is 4.53. The zero-order valence-electron chi connectivity index (χ0n) is 11.3. The van der Waals surface area contributed by atoms with E-state index in [4.69, 9.17) is 0 Å². The molecule has 0 aliphatic rings. The van der Waals surface area contributed by atoms with Crippen molar-refractivity contribution in [2.45, 2.75) is 32.6 Å². The van der Waals surface area contributed by atoms with Crippen LogP contribution in [0.3, 0.4) is 0 Å². The molecule has 1 amide bonds. The van der Waals surface area contributed by atoms with Gasteiger partial charge in [0.05, 0.1) is 0 Å². The summed E-state index contributed by atoms with van der Waals surface area (Å²) < 4.78 is 0. The molecule has 102 valence electrons. The van der Waals surface area contributed by atoms with Crippen molar-refractivity contribution in [3.8, 4) is 0 Å². The third kappa shape index (κ3) is 6.03. The molecule has 2 N–H and O–H groups in total. The topological polar surface area (TPSA) is 41.1 Å². The molecule has 4 heteroatoms. The fraction of sp³-hybridized carbons (Fsp3) is 0.500. The smallest absolute Gasteiger partial charge is 0.224 e. The molecule has 1 aromatic rings. The van der Waals surface area contributed by atoms with Crippen molar-refractivity contribution in [2.75, 3.05) is 18.9 Å². The maximum atomic E-state index is 11.6. The molecule has 0 fully saturated rings. The number of anilines is 1. The molecule has 0 bridgehead atoms. The first-order valence-electron chi connectivity index (χ1n) is 6.18. The Morgan fingerprint density at radius 1 is 1.22 bits per heavy atom. The summed E-state index contributed by atoms with van der Waals surface area (Å²) in [6, 6.07) is 8.05. The van der Waals surface area contributed by atoms with Crippen LogP contribution in [0.4, 0.5) is 5.69 Å². The molecule has 0 spiro atoms. The Morgan fingerprint density at radius 2 is 1.83 bits per heavy atom. The van der Waals surface area contributed by atoms with E-state index in [1.54, 1.807) is 0 Å². The van der Waals surface area contributed by atoms with Crippen LogP contribution in [0.15, 0.2) is 24.3 Å². The minimum atomic E-state index is 0. The van der Waals surface area contributed by atoms with Crippen LogP contribution in [-0.4, -0.2) is 19.5 Å². The first-order chi connectivity index (χ1) is 8.13. The summed E-state index contributed by atoms with van der Waals surface area (Å²) in [7, 11) is 1.89. The summed E-state index contributed by atoms with van der Waals surface area (Å²) in [6.45, 7) is 5.19. The SMILES string of the molecule is CNCCCC(=O)Nc1ccc(C(C)C)cc1.Cl. The number of amides is 1. The van der Waals surface area contributed by atoms with Crippen molar-refractivity contribution >= 4 is 24.0 Å². The predicted molar refractivity (Wildman–Crippen MR) is 79.6 cm³/mol. The van der Waals surface area contributed by atoms with E-state index in [0.29, 0.717) is 12.3 Å². The van der Waals surface area contributed by atoms with Gasteiger partial charge in [-0.25, -0.2) is 0 Å². The van der Waals surface area contributed by atoms with Gasteiger partial charge >= 0.3 is 0 Å². The van der Waals surface area contributed by atoms with Crippen molar-refractivity contribution in [3.63, 3.8) is 0 Å². The minimum Gasteiger partial charge on any atom is -0.326 e. The summed E-state index contributed by atoms with van der Waals surface area (Å²) in [5, 5.41) is 5.93. The van der Waals surface area contributed by atoms with E-state index in [9.17, 15) is 4.79 Å². The van der Waals surface area contributed by atoms with Gasteiger partial charge in [-0.1, -0.05) is 26.0 Å². The lowest BCUT2D eigenvalue weighted by Crippen LogP contribution is -2.15. The van der Waals surface area contributed by atoms with E-state index >= 15 is 0 Å². The Hall–Kier alpha value is -1.06. The van der Waals surface area contributed by atoms with E-state index in [-0.39, 0.29) is 18.3 Å². The lowest BCUT2D eigenvalue weighted by Gasteiger charge is -2.08. The third-order valence-corrected chi connectivity index (χ3v) is 2.69. The average molecular weight is 271 g/mol. The highest BCUT2D eigenvalue weighted by Crippen LogP contribution is 2.17. The highest BCUT2D eigenvalue weighted by Gasteiger charge is 2.03. The van der Waals surface area contributed by atoms with Gasteiger partial charge in [0.2, 0.25) is 5.91 Å². The van der Waals surface area contributed by atoms with E-state index in [0.717, 1.165) is 18.7 Å². The third-order valence-electron chi connectivity index (χ3n) is 2.69. The number of halogens is 1. The van der Waals surface area contributed by atoms with Gasteiger partial charge in [0.1, 0.15) is 0 Å². The summed E-state index contributed by atoms with van der Waals surface area (Å²) in [5.41, 5.74) is 2.17. The van der Waals surface area contributed by atoms with Crippen molar-refractivity contribution < 1.29 is 4.79 Å². The Morgan fingerprint density at radius 3 is 2.33 bits per heavy atom. The number of carbonyl (C=O) groups is 1. The molecular weight excluding hydrogens is 248 g/mol. The molecule has 3 nitrogen and oxygen atoms in total. The van der Waals surface area contributed by atoms with Crippen molar-refractivity contribution in [1.29, 1.82) is 0 Å². The molecule has 0 aromatic heterocycles. The zero-order valence-corrected chi connectivity index (χ0v) is 12.1. The average Bonchev–Trinajstić information content (AvgIpc) is 2.30. The van der Waals surface area contributed by atoms with Crippen LogP contribution in [0.1, 0.15) is 38.2 Å². The summed E-state index contributed by atoms with van der Waals surface area (Å²) in [5.74, 6) is 0.605. The van der Waals surface area contributed by atoms with Gasteiger partial charge < -0.3 is 10.6 Å². The van der Waals surface area contributed by atoms with Crippen LogP contribution in [0.25, 0.3) is 0 Å². The summed E-state index contributed by atoms with van der Waals surface area (Å²) in [6.07, 6.45) is 1.43. The monoisotopic (exact) mass is 270 g/mol. The molecule has 0 saturated heterocycles. The first kappa shape index (κ1) is 16.9. The van der Waals surface area contributed by atoms with E-state index in [1.165, 1.54) is 5.56 Å². The minimum absolute atomic E-state index is 0. The Bertz CT molecular complexity index is 349. The standard InChI is InChI=1S/C14H22N2O.ClH/c1-11(2)12-6-8-13(9-7-12)16-14(17)5-4-10-15-3;/h6-9,11,15H,4-5,10H2,1-3H3,(H,16,17);1H. The Kier molecular flexibility index (Phi) is 8.42. The molecular formula is C14H23ClN2O. The number of hydrogen-bond acceptors (Lipinski definition) is 2. The molecule has 0 aliphatic carbocycles. The van der Waals surface area contributed by atoms with Crippen LogP contribution in [0, 0.1) is 0 Å². The van der Waals surface area contributed by atoms with E-state index in [1.807, 2.05) is 19.2 Å². The number of hydrogen-bond donors (Lipinski definition) is 2. The van der Waals surface area contributed by atoms with Gasteiger partial charge in [0.25, 0.3) is 0 Å². The number of rotatable bonds is 6. The van der Waals surface area contributed by atoms with Gasteiger partial charge in [0, 0.05) is 12.1 Å². The highest BCUT2D eigenvalue weighted by molar-refractivity contribution is 5.90. The van der Waals surface area contributed by atoms with Gasteiger partial charge in [-0.3, -0.25) is 4.79 Å². The fourth-order valence-corrected chi connectivity index (χ4v) is 1.60. The van der Waals surface area contributed by atoms with Crippen LogP contribution < -0.4 is 10.6 Å². The molecule has 0 atom stereocenters. The Labute approximate surface area is 116 Å². The molecule has 0 unspecified atom stereocenters. The van der Waals surface area contributed by atoms with Gasteiger partial charge in [-0.2, -0.15) is 0 Å². The predicted octanol–water partition coefficient (Wildman–Crippen LogP) is 3.17. The van der Waals surface area contributed by atoms with Crippen molar-refractivity contribution in [1.82, 2.24) is 5.32 Å². The lowest BCUT2D eigenvalue weighted by molar-refractivity contribution is -0.116. The molecule has 1 rings (SSSR count). The van der Waals surface area contributed by atoms with Crippen LogP contribution in [0.2, 0.25) is 0 Å². The largest absolute Gasteiger partial charge is 0.326 e. The van der Waals surface area contributed by atoms with Crippen LogP contribution in [0.5, 0.6) is 0 Å². The second-order valence-electron chi connectivity index (χ2n) is 4.53. The molecule has 18 heavy (non-hydrogen) atoms. The Balaban J connectivity index is 0.00000289. The van der Waals surface area contributed by atoms with Gasteiger partial charge in [0.15, 0.2) is 0 Å². The molecule has 0 aliphatic heterocycles. The molecule has 0 heterocycles. The normalized spacial score (nSPS) is 10.0. The second kappa shape index (κ2) is 8.95. The van der Waals surface area contributed by atoms with Gasteiger partial charge in [-0.15, -0.1) is 12.4 Å². The molecule has 0 saturated carbocycles. The summed E-state index contributed by atoms with van der Waals surface area (Å²) in [4.78, 5) is 11.6. The maximum absolute atomic E-state index is 11.6. The number of carbonyl (C=O) groups excluding carboxylic acids is 1. The van der Waals surface area contributed by atoms with Crippen LogP contribution in [-0.2, 0) is 4.79 Å². The van der Waals surface area contributed by atoms with Crippen LogP contribution >= 0.6 is 12.4 Å². The fourth-order valence-electron chi connectivity index (χ4n) is 1.60. The quantitative estimate of drug-likeness (QED) is 0.780. The lowest BCUT2D eigenvalue weighted by atomic mass is 10.0. The van der Waals surface area contributed by atoms with Crippen molar-refractivity contribution in [2.24, 2.45) is 0 Å². The number of nitrogens with one attached hydrogen (secondary N) is 2. The number of benzene rings is 1. The maximum Gasteiger partial charge on any atom is 0.224 e. The van der Waals surface area contributed by atoms with Crippen molar-refractivity contribution in [3.05, 3.63) is 29.8 Å². The molecule has 0 radical (unpaired) electrons. The van der Waals surface area contributed by atoms with E-state index < -0.39 is 0 Å². The first-order valence-corrected chi connectivity index (χ1v) is 6.18. The summed E-state index contributed by atoms with van der Waals surface area (Å²) >= 11 is 0. The zero-order chi connectivity index (χ0) is 12.7. The highest BCUT2D eigenvalue weighted by atomic mass is 35.5. The van der Waals surface area contributed by atoms with E-state index in [2.05, 4.69) is 36.6 Å². The van der Waals surface area contributed by atoms with Gasteiger partial charge in [-0.05, 0) is 43.6 Å².